The number of amides is 1. The molecule has 1 aliphatic rings. The van der Waals surface area contributed by atoms with E-state index in [2.05, 4.69) is 0 Å². The Bertz CT molecular complexity index is 483. The molecule has 0 aliphatic carbocycles. The Kier molecular flexibility index (Phi) is 2.85. The Morgan fingerprint density at radius 3 is 2.88 bits per heavy atom. The molecule has 0 radical (unpaired) electrons. The highest BCUT2D eigenvalue weighted by molar-refractivity contribution is 6.03. The topological polar surface area (TPSA) is 72.6 Å². The zero-order valence-electron chi connectivity index (χ0n) is 9.77. The van der Waals surface area contributed by atoms with Gasteiger partial charge in [-0.15, -0.1) is 0 Å². The third-order valence-corrected chi connectivity index (χ3v) is 2.74. The molecular formula is C12H14N2O3. The summed E-state index contributed by atoms with van der Waals surface area (Å²) in [5, 5.41) is 0. The molecule has 1 unspecified atom stereocenters. The fraction of sp³-hybridized carbons (Fsp3) is 0.333. The first-order chi connectivity index (χ1) is 8.00. The van der Waals surface area contributed by atoms with Crippen molar-refractivity contribution in [1.29, 1.82) is 0 Å². The Morgan fingerprint density at radius 2 is 2.24 bits per heavy atom. The number of likely N-dealkylation sites (N-methyl/N-ethyl adjacent to an activating group) is 1. The number of ether oxygens (including phenoxy) is 1. The van der Waals surface area contributed by atoms with Crippen LogP contribution < -0.4 is 15.4 Å². The van der Waals surface area contributed by atoms with Crippen LogP contribution in [0.15, 0.2) is 18.2 Å². The Balaban J connectivity index is 2.42. The third-order valence-electron chi connectivity index (χ3n) is 2.74. The minimum Gasteiger partial charge on any atom is -0.482 e. The summed E-state index contributed by atoms with van der Waals surface area (Å²) in [6, 6.07) is 4.43. The third kappa shape index (κ3) is 2.01. The average molecular weight is 234 g/mol. The lowest BCUT2D eigenvalue weighted by Crippen LogP contribution is -2.35. The fourth-order valence-corrected chi connectivity index (χ4v) is 1.69. The van der Waals surface area contributed by atoms with E-state index >= 15 is 0 Å². The molecule has 1 aromatic carbocycles. The molecule has 5 nitrogen and oxygen atoms in total. The van der Waals surface area contributed by atoms with Crippen molar-refractivity contribution >= 4 is 17.4 Å². The van der Waals surface area contributed by atoms with E-state index in [1.165, 1.54) is 4.90 Å². The second-order valence-electron chi connectivity index (χ2n) is 4.08. The predicted octanol–water partition coefficient (Wildman–Crippen LogP) is 0.572. The summed E-state index contributed by atoms with van der Waals surface area (Å²) in [6.07, 6.45) is 0. The van der Waals surface area contributed by atoms with E-state index in [4.69, 9.17) is 10.5 Å². The molecule has 90 valence electrons. The van der Waals surface area contributed by atoms with Gasteiger partial charge in [0, 0.05) is 12.6 Å². The SMILES string of the molecule is CC(N)C(=O)c1ccc2c(c1)N(C)C(=O)CO2. The van der Waals surface area contributed by atoms with E-state index in [0.29, 0.717) is 17.0 Å². The van der Waals surface area contributed by atoms with E-state index in [1.54, 1.807) is 32.2 Å². The highest BCUT2D eigenvalue weighted by Gasteiger charge is 2.23. The van der Waals surface area contributed by atoms with Gasteiger partial charge < -0.3 is 15.4 Å². The van der Waals surface area contributed by atoms with Gasteiger partial charge in [0.2, 0.25) is 0 Å². The van der Waals surface area contributed by atoms with Crippen LogP contribution in [0, 0.1) is 0 Å². The first-order valence-electron chi connectivity index (χ1n) is 5.34. The van der Waals surface area contributed by atoms with Crippen molar-refractivity contribution in [2.24, 2.45) is 5.73 Å². The second kappa shape index (κ2) is 4.18. The Hall–Kier alpha value is -1.88. The van der Waals surface area contributed by atoms with Crippen LogP contribution in [0.2, 0.25) is 0 Å². The molecule has 0 bridgehead atoms. The van der Waals surface area contributed by atoms with Crippen LogP contribution in [0.5, 0.6) is 5.75 Å². The smallest absolute Gasteiger partial charge is 0.264 e. The van der Waals surface area contributed by atoms with E-state index in [0.717, 1.165) is 0 Å². The van der Waals surface area contributed by atoms with Crippen LogP contribution in [0.4, 0.5) is 5.69 Å². The summed E-state index contributed by atoms with van der Waals surface area (Å²) in [5.74, 6) is 0.315. The standard InChI is InChI=1S/C12H14N2O3/c1-7(13)12(16)8-3-4-10-9(5-8)14(2)11(15)6-17-10/h3-5,7H,6,13H2,1-2H3. The quantitative estimate of drug-likeness (QED) is 0.759. The molecule has 1 heterocycles. The van der Waals surface area contributed by atoms with Crippen LogP contribution in [0.3, 0.4) is 0 Å². The zero-order chi connectivity index (χ0) is 12.6. The van der Waals surface area contributed by atoms with Crippen LogP contribution in [-0.2, 0) is 4.79 Å². The molecule has 0 spiro atoms. The summed E-state index contributed by atoms with van der Waals surface area (Å²) < 4.78 is 5.27. The average Bonchev–Trinajstić information content (AvgIpc) is 2.32. The Morgan fingerprint density at radius 1 is 1.53 bits per heavy atom. The maximum atomic E-state index is 11.7. The summed E-state index contributed by atoms with van der Waals surface area (Å²) >= 11 is 0. The first-order valence-corrected chi connectivity index (χ1v) is 5.34. The van der Waals surface area contributed by atoms with Gasteiger partial charge in [-0.25, -0.2) is 0 Å². The van der Waals surface area contributed by atoms with Crippen LogP contribution in [0.25, 0.3) is 0 Å². The van der Waals surface area contributed by atoms with Crippen LogP contribution in [-0.4, -0.2) is 31.4 Å². The number of hydrogen-bond acceptors (Lipinski definition) is 4. The number of rotatable bonds is 2. The highest BCUT2D eigenvalue weighted by atomic mass is 16.5. The number of fused-ring (bicyclic) bond motifs is 1. The number of anilines is 1. The molecular weight excluding hydrogens is 220 g/mol. The molecule has 0 saturated carbocycles. The van der Waals surface area contributed by atoms with E-state index in [9.17, 15) is 9.59 Å². The molecule has 0 fully saturated rings. The largest absolute Gasteiger partial charge is 0.482 e. The normalized spacial score (nSPS) is 16.2. The summed E-state index contributed by atoms with van der Waals surface area (Å²) in [5.41, 5.74) is 6.64. The molecule has 1 amide bonds. The number of nitrogens with zero attached hydrogens (tertiary/aromatic N) is 1. The molecule has 1 atom stereocenters. The molecule has 2 rings (SSSR count). The lowest BCUT2D eigenvalue weighted by molar-refractivity contribution is -0.120. The summed E-state index contributed by atoms with van der Waals surface area (Å²) in [6.45, 7) is 1.66. The molecule has 2 N–H and O–H groups in total. The molecule has 1 aromatic rings. The maximum absolute atomic E-state index is 11.7. The van der Waals surface area contributed by atoms with Gasteiger partial charge in [0.05, 0.1) is 11.7 Å². The molecule has 0 saturated heterocycles. The van der Waals surface area contributed by atoms with Crippen molar-refractivity contribution in [3.05, 3.63) is 23.8 Å². The number of benzene rings is 1. The molecule has 1 aliphatic heterocycles. The predicted molar refractivity (Wildman–Crippen MR) is 63.3 cm³/mol. The van der Waals surface area contributed by atoms with Gasteiger partial charge in [0.25, 0.3) is 5.91 Å². The number of ketones is 1. The number of hydrogen-bond donors (Lipinski definition) is 1. The number of Topliss-reactive ketones (excluding diaryl/α,β-unsaturated/α-hetero) is 1. The summed E-state index contributed by atoms with van der Waals surface area (Å²) in [7, 11) is 1.66. The minimum atomic E-state index is -0.557. The molecule has 5 heteroatoms. The first kappa shape index (κ1) is 11.6. The van der Waals surface area contributed by atoms with Crippen molar-refractivity contribution in [2.75, 3.05) is 18.6 Å². The van der Waals surface area contributed by atoms with E-state index in [-0.39, 0.29) is 18.3 Å². The lowest BCUT2D eigenvalue weighted by atomic mass is 10.0. The molecule has 17 heavy (non-hydrogen) atoms. The van der Waals surface area contributed by atoms with Crippen molar-refractivity contribution in [2.45, 2.75) is 13.0 Å². The zero-order valence-corrected chi connectivity index (χ0v) is 9.77. The van der Waals surface area contributed by atoms with Crippen molar-refractivity contribution < 1.29 is 14.3 Å². The van der Waals surface area contributed by atoms with Crippen molar-refractivity contribution in [3.63, 3.8) is 0 Å². The fourth-order valence-electron chi connectivity index (χ4n) is 1.69. The second-order valence-corrected chi connectivity index (χ2v) is 4.08. The van der Waals surface area contributed by atoms with Gasteiger partial charge in [-0.3, -0.25) is 9.59 Å². The van der Waals surface area contributed by atoms with Gasteiger partial charge in [-0.05, 0) is 25.1 Å². The van der Waals surface area contributed by atoms with Crippen LogP contribution >= 0.6 is 0 Å². The van der Waals surface area contributed by atoms with Gasteiger partial charge >= 0.3 is 0 Å². The van der Waals surface area contributed by atoms with E-state index in [1.807, 2.05) is 0 Å². The minimum absolute atomic E-state index is 0.0318. The van der Waals surface area contributed by atoms with Crippen molar-refractivity contribution in [1.82, 2.24) is 0 Å². The monoisotopic (exact) mass is 234 g/mol. The van der Waals surface area contributed by atoms with E-state index < -0.39 is 6.04 Å². The number of carbonyl (C=O) groups excluding carboxylic acids is 2. The van der Waals surface area contributed by atoms with Gasteiger partial charge in [-0.1, -0.05) is 0 Å². The number of nitrogens with two attached hydrogens (primary N) is 1. The van der Waals surface area contributed by atoms with Gasteiger partial charge in [-0.2, -0.15) is 0 Å². The maximum Gasteiger partial charge on any atom is 0.264 e. The van der Waals surface area contributed by atoms with Crippen LogP contribution in [0.1, 0.15) is 17.3 Å². The summed E-state index contributed by atoms with van der Waals surface area (Å²) in [4.78, 5) is 24.7. The highest BCUT2D eigenvalue weighted by Crippen LogP contribution is 2.32. The van der Waals surface area contributed by atoms with Crippen molar-refractivity contribution in [3.8, 4) is 5.75 Å². The lowest BCUT2D eigenvalue weighted by Gasteiger charge is -2.26. The number of carbonyl (C=O) groups is 2. The van der Waals surface area contributed by atoms with Gasteiger partial charge in [0.1, 0.15) is 5.75 Å². The van der Waals surface area contributed by atoms with Gasteiger partial charge in [0.15, 0.2) is 12.4 Å². The molecule has 0 aromatic heterocycles. The Labute approximate surface area is 99.2 Å².